The summed E-state index contributed by atoms with van der Waals surface area (Å²) in [5.74, 6) is 2.42. The summed E-state index contributed by atoms with van der Waals surface area (Å²) < 4.78 is 12.2. The van der Waals surface area contributed by atoms with E-state index in [0.29, 0.717) is 13.1 Å². The lowest BCUT2D eigenvalue weighted by Crippen LogP contribution is -2.36. The van der Waals surface area contributed by atoms with E-state index >= 15 is 0 Å². The second-order valence-corrected chi connectivity index (χ2v) is 6.35. The Morgan fingerprint density at radius 3 is 2.21 bits per heavy atom. The van der Waals surface area contributed by atoms with Crippen molar-refractivity contribution in [3.05, 3.63) is 72.1 Å². The van der Waals surface area contributed by atoms with Crippen molar-refractivity contribution in [2.45, 2.75) is 20.0 Å². The van der Waals surface area contributed by atoms with Gasteiger partial charge in [-0.1, -0.05) is 12.1 Å². The Morgan fingerprint density at radius 1 is 0.931 bits per heavy atom. The van der Waals surface area contributed by atoms with Crippen molar-refractivity contribution in [3.63, 3.8) is 0 Å². The van der Waals surface area contributed by atoms with E-state index in [0.717, 1.165) is 40.9 Å². The van der Waals surface area contributed by atoms with Crippen LogP contribution in [0.4, 0.5) is 0 Å². The number of aliphatic imine (C=N–C) groups is 1. The van der Waals surface area contributed by atoms with Gasteiger partial charge in [-0.3, -0.25) is 0 Å². The molecule has 0 spiro atoms. The zero-order valence-electron chi connectivity index (χ0n) is 17.1. The van der Waals surface area contributed by atoms with E-state index < -0.39 is 0 Å². The van der Waals surface area contributed by atoms with Gasteiger partial charge in [-0.2, -0.15) is 5.10 Å². The fourth-order valence-electron chi connectivity index (χ4n) is 2.75. The summed E-state index contributed by atoms with van der Waals surface area (Å²) in [4.78, 5) is 4.64. The van der Waals surface area contributed by atoms with Crippen LogP contribution < -0.4 is 20.1 Å². The molecule has 0 radical (unpaired) electrons. The van der Waals surface area contributed by atoms with Crippen molar-refractivity contribution in [2.24, 2.45) is 4.99 Å². The van der Waals surface area contributed by atoms with Crippen LogP contribution >= 0.6 is 0 Å². The first-order valence-electron chi connectivity index (χ1n) is 9.56. The Kier molecular flexibility index (Phi) is 7.10. The summed E-state index contributed by atoms with van der Waals surface area (Å²) in [6.45, 7) is 3.99. The second kappa shape index (κ2) is 10.2. The van der Waals surface area contributed by atoms with Gasteiger partial charge in [-0.05, 0) is 55.0 Å². The van der Waals surface area contributed by atoms with Crippen LogP contribution in [0.3, 0.4) is 0 Å². The summed E-state index contributed by atoms with van der Waals surface area (Å²) in [5.41, 5.74) is 3.03. The van der Waals surface area contributed by atoms with Gasteiger partial charge in [-0.15, -0.1) is 0 Å². The topological polar surface area (TPSA) is 72.7 Å². The van der Waals surface area contributed by atoms with Crippen LogP contribution in [0.2, 0.25) is 0 Å². The molecule has 0 unspecified atom stereocenters. The van der Waals surface area contributed by atoms with Crippen molar-refractivity contribution < 1.29 is 9.47 Å². The Morgan fingerprint density at radius 2 is 1.59 bits per heavy atom. The largest absolute Gasteiger partial charge is 0.497 e. The third kappa shape index (κ3) is 5.75. The number of benzene rings is 2. The number of hydrogen-bond donors (Lipinski definition) is 2. The summed E-state index contributed by atoms with van der Waals surface area (Å²) in [6.07, 6.45) is 1.94. The van der Waals surface area contributed by atoms with Crippen molar-refractivity contribution in [1.29, 1.82) is 0 Å². The summed E-state index contributed by atoms with van der Waals surface area (Å²) in [5, 5.41) is 11.2. The molecule has 0 aliphatic rings. The number of rotatable bonds is 8. The fraction of sp³-hybridized carbons (Fsp3) is 0.273. The molecular formula is C22H27N5O2. The zero-order valence-corrected chi connectivity index (χ0v) is 17.1. The summed E-state index contributed by atoms with van der Waals surface area (Å²) in [7, 11) is 3.32. The molecule has 2 aromatic carbocycles. The van der Waals surface area contributed by atoms with E-state index in [2.05, 4.69) is 20.7 Å². The molecule has 0 fully saturated rings. The molecule has 1 aromatic heterocycles. The number of aromatic nitrogens is 2. The molecule has 2 N–H and O–H groups in total. The molecule has 3 rings (SSSR count). The van der Waals surface area contributed by atoms with E-state index in [1.165, 1.54) is 0 Å². The average molecular weight is 393 g/mol. The van der Waals surface area contributed by atoms with Crippen LogP contribution in [0.5, 0.6) is 11.5 Å². The molecule has 3 aromatic rings. The van der Waals surface area contributed by atoms with Gasteiger partial charge in [0.1, 0.15) is 11.5 Å². The second-order valence-electron chi connectivity index (χ2n) is 6.35. The molecule has 0 aliphatic carbocycles. The third-order valence-electron chi connectivity index (χ3n) is 4.34. The number of nitrogens with zero attached hydrogens (tertiary/aromatic N) is 3. The first-order valence-corrected chi connectivity index (χ1v) is 9.56. The Balaban J connectivity index is 1.60. The van der Waals surface area contributed by atoms with Crippen LogP contribution in [-0.2, 0) is 13.1 Å². The smallest absolute Gasteiger partial charge is 0.191 e. The van der Waals surface area contributed by atoms with Gasteiger partial charge in [0.2, 0.25) is 0 Å². The van der Waals surface area contributed by atoms with Gasteiger partial charge >= 0.3 is 0 Å². The van der Waals surface area contributed by atoms with Gasteiger partial charge < -0.3 is 20.1 Å². The molecule has 29 heavy (non-hydrogen) atoms. The lowest BCUT2D eigenvalue weighted by Gasteiger charge is -2.10. The molecule has 1 heterocycles. The molecule has 0 bridgehead atoms. The van der Waals surface area contributed by atoms with Crippen molar-refractivity contribution in [1.82, 2.24) is 20.4 Å². The van der Waals surface area contributed by atoms with Gasteiger partial charge in [0, 0.05) is 12.7 Å². The maximum Gasteiger partial charge on any atom is 0.191 e. The Bertz CT molecular complexity index is 917. The molecule has 7 nitrogen and oxygen atoms in total. The minimum Gasteiger partial charge on any atom is -0.497 e. The van der Waals surface area contributed by atoms with E-state index in [1.54, 1.807) is 14.2 Å². The highest BCUT2D eigenvalue weighted by Gasteiger charge is 2.04. The zero-order chi connectivity index (χ0) is 20.5. The third-order valence-corrected chi connectivity index (χ3v) is 4.34. The highest BCUT2D eigenvalue weighted by molar-refractivity contribution is 5.79. The quantitative estimate of drug-likeness (QED) is 0.454. The monoisotopic (exact) mass is 393 g/mol. The highest BCUT2D eigenvalue weighted by Crippen LogP contribution is 2.14. The highest BCUT2D eigenvalue weighted by atomic mass is 16.5. The van der Waals surface area contributed by atoms with E-state index in [9.17, 15) is 0 Å². The summed E-state index contributed by atoms with van der Waals surface area (Å²) in [6, 6.07) is 17.7. The first kappa shape index (κ1) is 20.3. The lowest BCUT2D eigenvalue weighted by molar-refractivity contribution is 0.414. The van der Waals surface area contributed by atoms with Crippen molar-refractivity contribution in [3.8, 4) is 17.2 Å². The lowest BCUT2D eigenvalue weighted by atomic mass is 10.2. The van der Waals surface area contributed by atoms with Gasteiger partial charge in [0.05, 0.1) is 38.7 Å². The van der Waals surface area contributed by atoms with Crippen molar-refractivity contribution >= 4 is 5.96 Å². The minimum absolute atomic E-state index is 0.581. The Hall–Kier alpha value is -3.48. The maximum absolute atomic E-state index is 5.20. The predicted molar refractivity (Wildman–Crippen MR) is 115 cm³/mol. The van der Waals surface area contributed by atoms with Gasteiger partial charge in [-0.25, -0.2) is 9.67 Å². The first-order chi connectivity index (χ1) is 14.2. The van der Waals surface area contributed by atoms with Gasteiger partial charge in [0.25, 0.3) is 0 Å². The van der Waals surface area contributed by atoms with E-state index in [-0.39, 0.29) is 0 Å². The average Bonchev–Trinajstić information content (AvgIpc) is 3.25. The fourth-order valence-corrected chi connectivity index (χ4v) is 2.75. The normalized spacial score (nSPS) is 11.2. The van der Waals surface area contributed by atoms with Gasteiger partial charge in [0.15, 0.2) is 5.96 Å². The summed E-state index contributed by atoms with van der Waals surface area (Å²) >= 11 is 0. The number of hydrogen-bond acceptors (Lipinski definition) is 4. The standard InChI is InChI=1S/C22H27N5O2/c1-4-23-22(24-15-17-5-9-20(28-2)10-6-17)25-16-18-13-14-27(26-18)19-7-11-21(29-3)12-8-19/h5-14H,4,15-16H2,1-3H3,(H2,23,24,25). The van der Waals surface area contributed by atoms with Crippen LogP contribution in [0.1, 0.15) is 18.2 Å². The number of ether oxygens (including phenoxy) is 2. The predicted octanol–water partition coefficient (Wildman–Crippen LogP) is 3.14. The molecule has 0 amide bonds. The van der Waals surface area contributed by atoms with Crippen LogP contribution in [0.25, 0.3) is 5.69 Å². The Labute approximate surface area is 171 Å². The minimum atomic E-state index is 0.581. The number of methoxy groups -OCH3 is 2. The molecule has 0 aliphatic heterocycles. The van der Waals surface area contributed by atoms with Crippen molar-refractivity contribution in [2.75, 3.05) is 20.8 Å². The number of nitrogens with one attached hydrogen (secondary N) is 2. The molecule has 7 heteroatoms. The van der Waals surface area contributed by atoms with Crippen LogP contribution in [0.15, 0.2) is 65.8 Å². The van der Waals surface area contributed by atoms with E-state index in [1.807, 2.05) is 72.4 Å². The maximum atomic E-state index is 5.20. The molecule has 152 valence electrons. The van der Waals surface area contributed by atoms with Crippen LogP contribution in [0, 0.1) is 0 Å². The molecular weight excluding hydrogens is 366 g/mol. The SMILES string of the molecule is CCNC(=NCc1ccc(OC)cc1)NCc1ccn(-c2ccc(OC)cc2)n1. The number of guanidine groups is 1. The molecule has 0 saturated heterocycles. The van der Waals surface area contributed by atoms with Crippen LogP contribution in [-0.4, -0.2) is 36.5 Å². The molecule has 0 atom stereocenters. The molecule has 0 saturated carbocycles. The van der Waals surface area contributed by atoms with E-state index in [4.69, 9.17) is 9.47 Å².